The Kier molecular flexibility index (Phi) is 3.93. The van der Waals surface area contributed by atoms with Crippen LogP contribution in [0.1, 0.15) is 16.5 Å². The summed E-state index contributed by atoms with van der Waals surface area (Å²) >= 11 is 17.0. The molecule has 0 amide bonds. The first-order valence-corrected chi connectivity index (χ1v) is 6.91. The molecule has 16 heavy (non-hydrogen) atoms. The summed E-state index contributed by atoms with van der Waals surface area (Å²) in [6, 6.07) is 9.20. The molecule has 1 aromatic carbocycles. The molecule has 1 atom stereocenters. The van der Waals surface area contributed by atoms with Gasteiger partial charge in [0.25, 0.3) is 0 Å². The van der Waals surface area contributed by atoms with Gasteiger partial charge in [0.2, 0.25) is 0 Å². The number of rotatable bonds is 2. The Morgan fingerprint density at radius 1 is 1.19 bits per heavy atom. The molecule has 0 fully saturated rings. The summed E-state index contributed by atoms with van der Waals surface area (Å²) in [5, 5.41) is 1.36. The molecule has 5 heteroatoms. The minimum absolute atomic E-state index is 0.234. The lowest BCUT2D eigenvalue weighted by Crippen LogP contribution is -2.10. The van der Waals surface area contributed by atoms with Crippen LogP contribution in [0.15, 0.2) is 34.1 Å². The van der Waals surface area contributed by atoms with Crippen molar-refractivity contribution in [3.05, 3.63) is 54.6 Å². The fraction of sp³-hybridized carbons (Fsp3) is 0.0909. The lowest BCUT2D eigenvalue weighted by atomic mass is 10.1. The zero-order chi connectivity index (χ0) is 11.7. The molecule has 2 rings (SSSR count). The molecule has 0 saturated heterocycles. The third-order valence-electron chi connectivity index (χ3n) is 2.21. The highest BCUT2D eigenvalue weighted by molar-refractivity contribution is 9.11. The van der Waals surface area contributed by atoms with E-state index in [1.165, 1.54) is 11.3 Å². The summed E-state index contributed by atoms with van der Waals surface area (Å²) in [5.74, 6) is 0. The molecule has 0 aliphatic heterocycles. The maximum atomic E-state index is 6.15. The molecule has 0 spiro atoms. The molecule has 0 bridgehead atoms. The number of thiophene rings is 1. The third-order valence-corrected chi connectivity index (χ3v) is 5.11. The minimum atomic E-state index is -0.234. The molecule has 0 aliphatic carbocycles. The Bertz CT molecular complexity index is 493. The molecule has 1 aromatic heterocycles. The van der Waals surface area contributed by atoms with Gasteiger partial charge in [0, 0.05) is 9.90 Å². The Morgan fingerprint density at radius 2 is 1.88 bits per heavy atom. The van der Waals surface area contributed by atoms with E-state index in [0.29, 0.717) is 10.0 Å². The largest absolute Gasteiger partial charge is 0.320 e. The molecule has 1 nitrogen and oxygen atoms in total. The fourth-order valence-corrected chi connectivity index (χ4v) is 3.42. The van der Waals surface area contributed by atoms with Gasteiger partial charge < -0.3 is 5.73 Å². The zero-order valence-corrected chi connectivity index (χ0v) is 12.0. The average molecular weight is 337 g/mol. The highest BCUT2D eigenvalue weighted by atomic mass is 79.9. The predicted octanol–water partition coefficient (Wildman–Crippen LogP) is 4.87. The van der Waals surface area contributed by atoms with Crippen LogP contribution in [0.25, 0.3) is 0 Å². The summed E-state index contributed by atoms with van der Waals surface area (Å²) in [4.78, 5) is 0.991. The highest BCUT2D eigenvalue weighted by Gasteiger charge is 2.15. The van der Waals surface area contributed by atoms with Gasteiger partial charge in [-0.25, -0.2) is 0 Å². The van der Waals surface area contributed by atoms with Crippen LogP contribution in [-0.4, -0.2) is 0 Å². The third kappa shape index (κ3) is 2.44. The quantitative estimate of drug-likeness (QED) is 0.832. The van der Waals surface area contributed by atoms with Gasteiger partial charge in [0.05, 0.1) is 14.9 Å². The molecular weight excluding hydrogens is 329 g/mol. The van der Waals surface area contributed by atoms with Gasteiger partial charge in [-0.05, 0) is 33.6 Å². The van der Waals surface area contributed by atoms with Gasteiger partial charge in [0.1, 0.15) is 0 Å². The van der Waals surface area contributed by atoms with E-state index in [0.717, 1.165) is 14.2 Å². The van der Waals surface area contributed by atoms with Crippen LogP contribution in [0.5, 0.6) is 0 Å². The molecule has 0 radical (unpaired) electrons. The van der Waals surface area contributed by atoms with E-state index in [9.17, 15) is 0 Å². The Hall–Kier alpha value is -0.0600. The lowest BCUT2D eigenvalue weighted by molar-refractivity contribution is 0.894. The summed E-state index contributed by atoms with van der Waals surface area (Å²) in [6.45, 7) is 0. The summed E-state index contributed by atoms with van der Waals surface area (Å²) in [6.07, 6.45) is 0. The van der Waals surface area contributed by atoms with Crippen molar-refractivity contribution in [2.24, 2.45) is 5.73 Å². The van der Waals surface area contributed by atoms with Gasteiger partial charge in [-0.1, -0.05) is 41.4 Å². The van der Waals surface area contributed by atoms with Crippen molar-refractivity contribution in [3.8, 4) is 0 Å². The summed E-state index contributed by atoms with van der Waals surface area (Å²) in [7, 11) is 0. The molecule has 1 heterocycles. The number of hydrogen-bond acceptors (Lipinski definition) is 2. The first kappa shape index (κ1) is 12.4. The average Bonchev–Trinajstić information content (AvgIpc) is 2.59. The van der Waals surface area contributed by atoms with Crippen LogP contribution in [0.2, 0.25) is 10.0 Å². The highest BCUT2D eigenvalue weighted by Crippen LogP contribution is 2.37. The molecule has 84 valence electrons. The molecule has 1 unspecified atom stereocenters. The van der Waals surface area contributed by atoms with Crippen LogP contribution in [0.4, 0.5) is 0 Å². The van der Waals surface area contributed by atoms with E-state index >= 15 is 0 Å². The van der Waals surface area contributed by atoms with Crippen molar-refractivity contribution in [1.82, 2.24) is 0 Å². The number of hydrogen-bond donors (Lipinski definition) is 1. The van der Waals surface area contributed by atoms with Crippen molar-refractivity contribution < 1.29 is 0 Å². The van der Waals surface area contributed by atoms with Gasteiger partial charge in [-0.3, -0.25) is 0 Å². The summed E-state index contributed by atoms with van der Waals surface area (Å²) < 4.78 is 0.895. The van der Waals surface area contributed by atoms with Crippen LogP contribution in [0, 0.1) is 0 Å². The first-order valence-electron chi connectivity index (χ1n) is 4.54. The second kappa shape index (κ2) is 5.07. The van der Waals surface area contributed by atoms with E-state index in [1.807, 2.05) is 30.3 Å². The monoisotopic (exact) mass is 335 g/mol. The van der Waals surface area contributed by atoms with Gasteiger partial charge in [-0.15, -0.1) is 11.3 Å². The SMILES string of the molecule is NC(c1cc(Cl)c(Br)s1)c1ccccc1Cl. The molecule has 2 aromatic rings. The zero-order valence-electron chi connectivity index (χ0n) is 8.08. The van der Waals surface area contributed by atoms with Crippen molar-refractivity contribution in [2.45, 2.75) is 6.04 Å². The normalized spacial score (nSPS) is 12.8. The van der Waals surface area contributed by atoms with E-state index in [2.05, 4.69) is 15.9 Å². The van der Waals surface area contributed by atoms with Crippen molar-refractivity contribution in [1.29, 1.82) is 0 Å². The number of benzene rings is 1. The van der Waals surface area contributed by atoms with E-state index in [1.54, 1.807) is 0 Å². The number of halogens is 3. The predicted molar refractivity (Wildman–Crippen MR) is 74.5 cm³/mol. The van der Waals surface area contributed by atoms with E-state index in [-0.39, 0.29) is 6.04 Å². The van der Waals surface area contributed by atoms with Gasteiger partial charge >= 0.3 is 0 Å². The van der Waals surface area contributed by atoms with Crippen LogP contribution < -0.4 is 5.73 Å². The van der Waals surface area contributed by atoms with Crippen molar-refractivity contribution >= 4 is 50.5 Å². The van der Waals surface area contributed by atoms with E-state index < -0.39 is 0 Å². The lowest BCUT2D eigenvalue weighted by Gasteiger charge is -2.11. The van der Waals surface area contributed by atoms with Crippen LogP contribution in [0.3, 0.4) is 0 Å². The van der Waals surface area contributed by atoms with Gasteiger partial charge in [-0.2, -0.15) is 0 Å². The van der Waals surface area contributed by atoms with Crippen molar-refractivity contribution in [2.75, 3.05) is 0 Å². The molecular formula is C11H8BrCl2NS. The molecule has 0 aliphatic rings. The Labute approximate surface area is 116 Å². The minimum Gasteiger partial charge on any atom is -0.320 e. The van der Waals surface area contributed by atoms with Crippen molar-refractivity contribution in [3.63, 3.8) is 0 Å². The number of nitrogens with two attached hydrogens (primary N) is 1. The Morgan fingerprint density at radius 3 is 2.44 bits per heavy atom. The summed E-state index contributed by atoms with van der Waals surface area (Å²) in [5.41, 5.74) is 7.06. The Balaban J connectivity index is 2.39. The maximum absolute atomic E-state index is 6.15. The second-order valence-corrected chi connectivity index (χ2v) is 6.49. The second-order valence-electron chi connectivity index (χ2n) is 3.27. The van der Waals surface area contributed by atoms with E-state index in [4.69, 9.17) is 28.9 Å². The van der Waals surface area contributed by atoms with Crippen LogP contribution in [-0.2, 0) is 0 Å². The maximum Gasteiger partial charge on any atom is 0.0888 e. The fourth-order valence-electron chi connectivity index (χ4n) is 1.40. The standard InChI is InChI=1S/C11H8BrCl2NS/c12-11-8(14)5-9(16-11)10(15)6-3-1-2-4-7(6)13/h1-5,10H,15H2. The van der Waals surface area contributed by atoms with Gasteiger partial charge in [0.15, 0.2) is 0 Å². The first-order chi connectivity index (χ1) is 7.59. The molecule has 2 N–H and O–H groups in total. The topological polar surface area (TPSA) is 26.0 Å². The van der Waals surface area contributed by atoms with Crippen LogP contribution >= 0.6 is 50.5 Å². The molecule has 0 saturated carbocycles. The smallest absolute Gasteiger partial charge is 0.0888 e.